The van der Waals surface area contributed by atoms with E-state index in [1.165, 1.54) is 21.9 Å². The number of carbonyl (C=O) groups is 1. The highest BCUT2D eigenvalue weighted by Crippen LogP contribution is 2.27. The molecular weight excluding hydrogens is 456 g/mol. The molecule has 3 aromatic rings. The van der Waals surface area contributed by atoms with Gasteiger partial charge in [0.15, 0.2) is 0 Å². The smallest absolute Gasteiger partial charge is 0.264 e. The fourth-order valence-electron chi connectivity index (χ4n) is 4.54. The summed E-state index contributed by atoms with van der Waals surface area (Å²) < 4.78 is 28.5. The van der Waals surface area contributed by atoms with Gasteiger partial charge in [0.25, 0.3) is 10.0 Å². The van der Waals surface area contributed by atoms with E-state index in [9.17, 15) is 13.2 Å². The van der Waals surface area contributed by atoms with Gasteiger partial charge < -0.3 is 5.32 Å². The molecule has 0 spiro atoms. The lowest BCUT2D eigenvalue weighted by Crippen LogP contribution is -2.41. The molecule has 1 atom stereocenters. The van der Waals surface area contributed by atoms with Crippen LogP contribution >= 0.6 is 0 Å². The molecule has 0 saturated heterocycles. The number of anilines is 1. The van der Waals surface area contributed by atoms with Crippen LogP contribution in [-0.2, 0) is 27.7 Å². The highest BCUT2D eigenvalue weighted by Gasteiger charge is 2.28. The van der Waals surface area contributed by atoms with Gasteiger partial charge in [0.1, 0.15) is 6.54 Å². The molecule has 184 valence electrons. The molecule has 0 heterocycles. The third-order valence-corrected chi connectivity index (χ3v) is 8.53. The number of fused-ring (bicyclic) bond motifs is 1. The molecule has 4 rings (SSSR count). The van der Waals surface area contributed by atoms with Crippen LogP contribution in [0.5, 0.6) is 0 Å². The van der Waals surface area contributed by atoms with Gasteiger partial charge in [-0.3, -0.25) is 9.10 Å². The van der Waals surface area contributed by atoms with Gasteiger partial charge in [-0.05, 0) is 85.5 Å². The average molecular weight is 491 g/mol. The summed E-state index contributed by atoms with van der Waals surface area (Å²) in [5.74, 6) is -0.0238. The SMILES string of the molecule is Cc1ccc(S(=O)(=O)N(CC(=O)N[C@@H](C)c2ccc3c(c2)CCC3)c2ccc(C(C)C)cc2)cc1. The Labute approximate surface area is 209 Å². The molecule has 1 aliphatic rings. The predicted octanol–water partition coefficient (Wildman–Crippen LogP) is 5.68. The zero-order valence-corrected chi connectivity index (χ0v) is 21.7. The van der Waals surface area contributed by atoms with E-state index in [1.54, 1.807) is 36.4 Å². The van der Waals surface area contributed by atoms with Crippen LogP contribution in [0.25, 0.3) is 0 Å². The third kappa shape index (κ3) is 5.59. The van der Waals surface area contributed by atoms with E-state index in [-0.39, 0.29) is 23.4 Å². The highest BCUT2D eigenvalue weighted by atomic mass is 32.2. The number of aryl methyl sites for hydroxylation is 3. The van der Waals surface area contributed by atoms with Crippen molar-refractivity contribution in [3.8, 4) is 0 Å². The number of hydrogen-bond acceptors (Lipinski definition) is 3. The summed E-state index contributed by atoms with van der Waals surface area (Å²) in [5, 5.41) is 3.00. The molecule has 0 aromatic heterocycles. The number of benzene rings is 3. The summed E-state index contributed by atoms with van der Waals surface area (Å²) in [4.78, 5) is 13.3. The molecule has 6 heteroatoms. The summed E-state index contributed by atoms with van der Waals surface area (Å²) in [5.41, 5.74) is 6.31. The minimum absolute atomic E-state index is 0.163. The normalized spacial score (nSPS) is 14.0. The molecule has 0 bridgehead atoms. The van der Waals surface area contributed by atoms with Crippen molar-refractivity contribution in [1.29, 1.82) is 0 Å². The van der Waals surface area contributed by atoms with E-state index in [4.69, 9.17) is 0 Å². The van der Waals surface area contributed by atoms with Crippen molar-refractivity contribution < 1.29 is 13.2 Å². The fraction of sp³-hybridized carbons (Fsp3) is 0.345. The first kappa shape index (κ1) is 25.0. The lowest BCUT2D eigenvalue weighted by Gasteiger charge is -2.25. The van der Waals surface area contributed by atoms with E-state index in [0.717, 1.165) is 29.5 Å². The predicted molar refractivity (Wildman–Crippen MR) is 141 cm³/mol. The minimum atomic E-state index is -3.93. The monoisotopic (exact) mass is 490 g/mol. The van der Waals surface area contributed by atoms with Crippen molar-refractivity contribution in [1.82, 2.24) is 5.32 Å². The molecule has 3 aromatic carbocycles. The van der Waals surface area contributed by atoms with Gasteiger partial charge in [-0.1, -0.05) is 61.9 Å². The molecule has 1 aliphatic carbocycles. The van der Waals surface area contributed by atoms with Gasteiger partial charge in [-0.15, -0.1) is 0 Å². The Morgan fingerprint density at radius 1 is 0.886 bits per heavy atom. The zero-order chi connectivity index (χ0) is 25.2. The molecule has 1 amide bonds. The first-order valence-corrected chi connectivity index (χ1v) is 13.7. The minimum Gasteiger partial charge on any atom is -0.348 e. The number of nitrogens with one attached hydrogen (secondary N) is 1. The maximum atomic E-state index is 13.6. The Balaban J connectivity index is 1.59. The fourth-order valence-corrected chi connectivity index (χ4v) is 5.96. The first-order valence-electron chi connectivity index (χ1n) is 12.3. The summed E-state index contributed by atoms with van der Waals surface area (Å²) >= 11 is 0. The summed E-state index contributed by atoms with van der Waals surface area (Å²) in [6.45, 7) is 7.72. The van der Waals surface area contributed by atoms with Crippen molar-refractivity contribution >= 4 is 21.6 Å². The molecule has 0 unspecified atom stereocenters. The first-order chi connectivity index (χ1) is 16.6. The molecule has 1 N–H and O–H groups in total. The highest BCUT2D eigenvalue weighted by molar-refractivity contribution is 7.92. The van der Waals surface area contributed by atoms with Crippen LogP contribution < -0.4 is 9.62 Å². The Kier molecular flexibility index (Phi) is 7.31. The number of sulfonamides is 1. The van der Waals surface area contributed by atoms with Crippen LogP contribution in [0.15, 0.2) is 71.6 Å². The topological polar surface area (TPSA) is 66.5 Å². The van der Waals surface area contributed by atoms with Crippen molar-refractivity contribution in [2.75, 3.05) is 10.8 Å². The van der Waals surface area contributed by atoms with E-state index < -0.39 is 10.0 Å². The van der Waals surface area contributed by atoms with Gasteiger partial charge in [0.2, 0.25) is 5.91 Å². The summed E-state index contributed by atoms with van der Waals surface area (Å²) in [7, 11) is -3.93. The van der Waals surface area contributed by atoms with Crippen LogP contribution in [0.3, 0.4) is 0 Å². The standard InChI is InChI=1S/C29H34N2O3S/c1-20(2)23-12-14-27(15-13-23)31(35(33,34)28-16-8-21(3)9-17-28)19-29(32)30-22(4)25-11-10-24-6-5-7-26(24)18-25/h8-18,20,22H,5-7,19H2,1-4H3,(H,30,32)/t22-/m0/s1. The Morgan fingerprint density at radius 2 is 1.51 bits per heavy atom. The summed E-state index contributed by atoms with van der Waals surface area (Å²) in [6, 6.07) is 20.2. The Morgan fingerprint density at radius 3 is 2.17 bits per heavy atom. The van der Waals surface area contributed by atoms with Crippen molar-refractivity contribution in [2.24, 2.45) is 0 Å². The zero-order valence-electron chi connectivity index (χ0n) is 20.9. The molecule has 5 nitrogen and oxygen atoms in total. The van der Waals surface area contributed by atoms with Crippen molar-refractivity contribution in [3.63, 3.8) is 0 Å². The quantitative estimate of drug-likeness (QED) is 0.442. The van der Waals surface area contributed by atoms with Gasteiger partial charge in [0.05, 0.1) is 16.6 Å². The van der Waals surface area contributed by atoms with E-state index in [1.807, 2.05) is 26.0 Å². The summed E-state index contributed by atoms with van der Waals surface area (Å²) in [6.07, 6.45) is 3.34. The molecule has 35 heavy (non-hydrogen) atoms. The number of hydrogen-bond donors (Lipinski definition) is 1. The molecule has 0 radical (unpaired) electrons. The van der Waals surface area contributed by atoms with Crippen LogP contribution in [0.1, 0.15) is 67.0 Å². The molecule has 0 aliphatic heterocycles. The second-order valence-electron chi connectivity index (χ2n) is 9.74. The van der Waals surface area contributed by atoms with E-state index in [0.29, 0.717) is 11.6 Å². The molecule has 0 fully saturated rings. The van der Waals surface area contributed by atoms with Crippen LogP contribution in [0.4, 0.5) is 5.69 Å². The van der Waals surface area contributed by atoms with Gasteiger partial charge >= 0.3 is 0 Å². The second-order valence-corrected chi connectivity index (χ2v) is 11.6. The molecular formula is C29H34N2O3S. The maximum Gasteiger partial charge on any atom is 0.264 e. The number of carbonyl (C=O) groups excluding carboxylic acids is 1. The second kappa shape index (κ2) is 10.2. The van der Waals surface area contributed by atoms with Crippen molar-refractivity contribution in [2.45, 2.75) is 63.8 Å². The van der Waals surface area contributed by atoms with Crippen LogP contribution in [0, 0.1) is 6.92 Å². The lowest BCUT2D eigenvalue weighted by atomic mass is 10.0. The van der Waals surface area contributed by atoms with Gasteiger partial charge in [-0.2, -0.15) is 0 Å². The van der Waals surface area contributed by atoms with Crippen LogP contribution in [0.2, 0.25) is 0 Å². The van der Waals surface area contributed by atoms with Gasteiger partial charge in [-0.25, -0.2) is 8.42 Å². The van der Waals surface area contributed by atoms with Crippen LogP contribution in [-0.4, -0.2) is 20.9 Å². The van der Waals surface area contributed by atoms with E-state index >= 15 is 0 Å². The van der Waals surface area contributed by atoms with Crippen molar-refractivity contribution in [3.05, 3.63) is 94.5 Å². The molecule has 0 saturated carbocycles. The van der Waals surface area contributed by atoms with Gasteiger partial charge in [0, 0.05) is 0 Å². The number of amides is 1. The Hall–Kier alpha value is -3.12. The Bertz CT molecular complexity index is 1300. The van der Waals surface area contributed by atoms with E-state index in [2.05, 4.69) is 37.4 Å². The average Bonchev–Trinajstić information content (AvgIpc) is 3.31. The number of rotatable bonds is 8. The lowest BCUT2D eigenvalue weighted by molar-refractivity contribution is -0.120. The number of nitrogens with zero attached hydrogens (tertiary/aromatic N) is 1. The maximum absolute atomic E-state index is 13.6. The largest absolute Gasteiger partial charge is 0.348 e. The third-order valence-electron chi connectivity index (χ3n) is 6.74.